The molecule has 0 amide bonds. The Morgan fingerprint density at radius 2 is 2.00 bits per heavy atom. The molecule has 2 atom stereocenters. The molecule has 0 spiro atoms. The number of hydrogen-bond donors (Lipinski definition) is 1. The van der Waals surface area contributed by atoms with E-state index in [1.165, 1.54) is 0 Å². The lowest BCUT2D eigenvalue weighted by atomic mass is 10.2. The summed E-state index contributed by atoms with van der Waals surface area (Å²) in [5.74, 6) is 0. The zero-order valence-corrected chi connectivity index (χ0v) is 12.3. The van der Waals surface area contributed by atoms with Gasteiger partial charge in [0.2, 0.25) is 0 Å². The van der Waals surface area contributed by atoms with Crippen LogP contribution in [-0.2, 0) is 9.47 Å². The van der Waals surface area contributed by atoms with Crippen molar-refractivity contribution in [3.05, 3.63) is 24.0 Å². The lowest BCUT2D eigenvalue weighted by Crippen LogP contribution is -2.38. The van der Waals surface area contributed by atoms with Crippen LogP contribution in [0.3, 0.4) is 0 Å². The van der Waals surface area contributed by atoms with Crippen LogP contribution in [0.5, 0.6) is 0 Å². The van der Waals surface area contributed by atoms with Gasteiger partial charge in [-0.05, 0) is 26.0 Å². The maximum Gasteiger partial charge on any atom is 0.0663 e. The fourth-order valence-electron chi connectivity index (χ4n) is 1.96. The van der Waals surface area contributed by atoms with E-state index in [0.29, 0.717) is 13.2 Å². The molecule has 19 heavy (non-hydrogen) atoms. The highest BCUT2D eigenvalue weighted by Gasteiger charge is 2.15. The summed E-state index contributed by atoms with van der Waals surface area (Å²) in [6.45, 7) is 6.19. The van der Waals surface area contributed by atoms with Crippen LogP contribution in [0, 0.1) is 0 Å². The number of nitrogens with zero attached hydrogens (tertiary/aromatic N) is 2. The topological polar surface area (TPSA) is 60.6 Å². The van der Waals surface area contributed by atoms with E-state index in [4.69, 9.17) is 15.2 Å². The largest absolute Gasteiger partial charge is 0.383 e. The van der Waals surface area contributed by atoms with Crippen molar-refractivity contribution in [3.8, 4) is 0 Å². The third-order valence-corrected chi connectivity index (χ3v) is 3.05. The monoisotopic (exact) mass is 267 g/mol. The normalized spacial score (nSPS) is 14.2. The molecule has 1 rings (SSSR count). The van der Waals surface area contributed by atoms with Gasteiger partial charge in [0.25, 0.3) is 0 Å². The van der Waals surface area contributed by atoms with Crippen molar-refractivity contribution in [1.82, 2.24) is 4.98 Å². The Morgan fingerprint density at radius 1 is 1.26 bits per heavy atom. The first-order valence-electron chi connectivity index (χ1n) is 6.56. The zero-order valence-electron chi connectivity index (χ0n) is 12.3. The number of methoxy groups -OCH3 is 2. The Bertz CT molecular complexity index is 354. The summed E-state index contributed by atoms with van der Waals surface area (Å²) in [6, 6.07) is 4.24. The van der Waals surface area contributed by atoms with E-state index in [0.717, 1.165) is 17.9 Å². The molecule has 1 heterocycles. The van der Waals surface area contributed by atoms with E-state index in [9.17, 15) is 0 Å². The summed E-state index contributed by atoms with van der Waals surface area (Å²) in [7, 11) is 3.42. The standard InChI is InChI=1S/C14H25N3O2/c1-11(10-19-4)17(7-8-18-3)13-5-6-14(12(2)15)16-9-13/h5-6,9,11-12H,7-8,10,15H2,1-4H3. The maximum atomic E-state index is 5.81. The van der Waals surface area contributed by atoms with Crippen LogP contribution in [0.25, 0.3) is 0 Å². The molecule has 1 aromatic heterocycles. The van der Waals surface area contributed by atoms with Crippen molar-refractivity contribution < 1.29 is 9.47 Å². The highest BCUT2D eigenvalue weighted by Crippen LogP contribution is 2.18. The second-order valence-electron chi connectivity index (χ2n) is 4.72. The van der Waals surface area contributed by atoms with Crippen LogP contribution >= 0.6 is 0 Å². The third-order valence-electron chi connectivity index (χ3n) is 3.05. The smallest absolute Gasteiger partial charge is 0.0663 e. The van der Waals surface area contributed by atoms with Crippen molar-refractivity contribution in [3.63, 3.8) is 0 Å². The lowest BCUT2D eigenvalue weighted by molar-refractivity contribution is 0.171. The molecule has 5 nitrogen and oxygen atoms in total. The van der Waals surface area contributed by atoms with Gasteiger partial charge in [-0.3, -0.25) is 4.98 Å². The second-order valence-corrected chi connectivity index (χ2v) is 4.72. The minimum atomic E-state index is -0.0436. The minimum Gasteiger partial charge on any atom is -0.383 e. The molecule has 0 aliphatic rings. The zero-order chi connectivity index (χ0) is 14.3. The molecule has 0 bridgehead atoms. The highest BCUT2D eigenvalue weighted by molar-refractivity contribution is 5.45. The van der Waals surface area contributed by atoms with Gasteiger partial charge >= 0.3 is 0 Å². The van der Waals surface area contributed by atoms with Crippen molar-refractivity contribution in [2.24, 2.45) is 5.73 Å². The molecular formula is C14H25N3O2. The van der Waals surface area contributed by atoms with Crippen LogP contribution in [0.4, 0.5) is 5.69 Å². The van der Waals surface area contributed by atoms with Gasteiger partial charge in [0.1, 0.15) is 0 Å². The van der Waals surface area contributed by atoms with Gasteiger partial charge < -0.3 is 20.1 Å². The number of rotatable bonds is 8. The van der Waals surface area contributed by atoms with Gasteiger partial charge in [-0.25, -0.2) is 0 Å². The number of anilines is 1. The number of aromatic nitrogens is 1. The first-order chi connectivity index (χ1) is 9.10. The predicted molar refractivity (Wildman–Crippen MR) is 77.4 cm³/mol. The van der Waals surface area contributed by atoms with Gasteiger partial charge in [0.15, 0.2) is 0 Å². The van der Waals surface area contributed by atoms with E-state index in [-0.39, 0.29) is 12.1 Å². The molecule has 2 unspecified atom stereocenters. The van der Waals surface area contributed by atoms with E-state index < -0.39 is 0 Å². The summed E-state index contributed by atoms with van der Waals surface area (Å²) in [4.78, 5) is 6.63. The maximum absolute atomic E-state index is 5.81. The second kappa shape index (κ2) is 8.09. The summed E-state index contributed by atoms with van der Waals surface area (Å²) >= 11 is 0. The Kier molecular flexibility index (Phi) is 6.77. The average molecular weight is 267 g/mol. The Morgan fingerprint density at radius 3 is 2.47 bits per heavy atom. The van der Waals surface area contributed by atoms with E-state index in [1.807, 2.05) is 25.3 Å². The number of ether oxygens (including phenoxy) is 2. The first-order valence-corrected chi connectivity index (χ1v) is 6.56. The molecule has 2 N–H and O–H groups in total. The lowest BCUT2D eigenvalue weighted by Gasteiger charge is -2.30. The molecule has 0 fully saturated rings. The Hall–Kier alpha value is -1.17. The van der Waals surface area contributed by atoms with E-state index in [2.05, 4.69) is 16.8 Å². The van der Waals surface area contributed by atoms with Gasteiger partial charge in [-0.15, -0.1) is 0 Å². The molecule has 1 aromatic rings. The van der Waals surface area contributed by atoms with E-state index >= 15 is 0 Å². The van der Waals surface area contributed by atoms with Gasteiger partial charge in [0, 0.05) is 32.8 Å². The molecule has 0 aliphatic heterocycles. The fraction of sp³-hybridized carbons (Fsp3) is 0.643. The summed E-state index contributed by atoms with van der Waals surface area (Å²) in [5.41, 5.74) is 7.77. The van der Waals surface area contributed by atoms with Crippen LogP contribution in [-0.4, -0.2) is 45.0 Å². The fourth-order valence-corrected chi connectivity index (χ4v) is 1.96. The van der Waals surface area contributed by atoms with Crippen LogP contribution in [0.2, 0.25) is 0 Å². The Balaban J connectivity index is 2.83. The van der Waals surface area contributed by atoms with Crippen molar-refractivity contribution >= 4 is 5.69 Å². The molecule has 0 saturated heterocycles. The number of nitrogens with two attached hydrogens (primary N) is 1. The van der Waals surface area contributed by atoms with Crippen LogP contribution in [0.15, 0.2) is 18.3 Å². The molecule has 5 heteroatoms. The van der Waals surface area contributed by atoms with Crippen molar-refractivity contribution in [2.75, 3.05) is 38.9 Å². The molecule has 108 valence electrons. The molecule has 0 aliphatic carbocycles. The Labute approximate surface area is 115 Å². The summed E-state index contributed by atoms with van der Waals surface area (Å²) in [5, 5.41) is 0. The SMILES string of the molecule is COCCN(c1ccc(C(C)N)nc1)C(C)COC. The molecular weight excluding hydrogens is 242 g/mol. The first kappa shape index (κ1) is 15.9. The average Bonchev–Trinajstić information content (AvgIpc) is 2.40. The van der Waals surface area contributed by atoms with Crippen LogP contribution in [0.1, 0.15) is 25.6 Å². The molecule has 0 radical (unpaired) electrons. The quantitative estimate of drug-likeness (QED) is 0.775. The minimum absolute atomic E-state index is 0.0436. The van der Waals surface area contributed by atoms with Crippen molar-refractivity contribution in [2.45, 2.75) is 25.9 Å². The summed E-state index contributed by atoms with van der Waals surface area (Å²) in [6.07, 6.45) is 1.86. The van der Waals surface area contributed by atoms with Crippen molar-refractivity contribution in [1.29, 1.82) is 0 Å². The molecule has 0 aromatic carbocycles. The number of hydrogen-bond acceptors (Lipinski definition) is 5. The summed E-state index contributed by atoms with van der Waals surface area (Å²) < 4.78 is 10.4. The highest BCUT2D eigenvalue weighted by atomic mass is 16.5. The van der Waals surface area contributed by atoms with Crippen LogP contribution < -0.4 is 10.6 Å². The van der Waals surface area contributed by atoms with E-state index in [1.54, 1.807) is 14.2 Å². The van der Waals surface area contributed by atoms with Gasteiger partial charge in [0.05, 0.1) is 30.8 Å². The van der Waals surface area contributed by atoms with Gasteiger partial charge in [-0.1, -0.05) is 0 Å². The third kappa shape index (κ3) is 4.78. The predicted octanol–water partition coefficient (Wildman–Crippen LogP) is 1.59. The number of pyridine rings is 1. The molecule has 0 saturated carbocycles. The van der Waals surface area contributed by atoms with Gasteiger partial charge in [-0.2, -0.15) is 0 Å².